The second kappa shape index (κ2) is 6.99. The van der Waals surface area contributed by atoms with Crippen molar-refractivity contribution in [2.45, 2.75) is 40.7 Å². The second-order valence-electron chi connectivity index (χ2n) is 6.02. The summed E-state index contributed by atoms with van der Waals surface area (Å²) in [6.45, 7) is 10.2. The Kier molecular flexibility index (Phi) is 5.89. The van der Waals surface area contributed by atoms with Gasteiger partial charge in [0.15, 0.2) is 0 Å². The van der Waals surface area contributed by atoms with E-state index in [9.17, 15) is 9.90 Å². The first-order valence-corrected chi connectivity index (χ1v) is 7.66. The molecule has 0 radical (unpaired) electrons. The van der Waals surface area contributed by atoms with Gasteiger partial charge in [-0.15, -0.1) is 11.3 Å². The predicted molar refractivity (Wildman–Crippen MR) is 83.5 cm³/mol. The van der Waals surface area contributed by atoms with Gasteiger partial charge in [-0.3, -0.25) is 4.79 Å². The Labute approximate surface area is 124 Å². The maximum Gasteiger partial charge on any atom is 0.244 e. The molecule has 1 unspecified atom stereocenters. The van der Waals surface area contributed by atoms with Gasteiger partial charge in [-0.05, 0) is 18.9 Å². The quantitative estimate of drug-likeness (QED) is 0.793. The number of aliphatic hydroxyl groups excluding tert-OH is 1. The summed E-state index contributed by atoms with van der Waals surface area (Å²) in [4.78, 5) is 16.0. The van der Waals surface area contributed by atoms with Crippen LogP contribution in [0.1, 0.15) is 38.4 Å². The monoisotopic (exact) mass is 296 g/mol. The molecule has 5 heteroatoms. The molecule has 2 N–H and O–H groups in total. The number of nitrogens with zero attached hydrogens (tertiary/aromatic N) is 1. The van der Waals surface area contributed by atoms with Crippen LogP contribution in [0.4, 0.5) is 0 Å². The van der Waals surface area contributed by atoms with Crippen LogP contribution in [-0.4, -0.2) is 28.6 Å². The lowest BCUT2D eigenvalue weighted by Crippen LogP contribution is -2.43. The van der Waals surface area contributed by atoms with Crippen molar-refractivity contribution in [3.63, 3.8) is 0 Å². The highest BCUT2D eigenvalue weighted by atomic mass is 32.1. The number of aryl methyl sites for hydroxylation is 1. The zero-order valence-corrected chi connectivity index (χ0v) is 13.6. The Balaban J connectivity index is 2.49. The van der Waals surface area contributed by atoms with Crippen molar-refractivity contribution in [3.05, 3.63) is 22.2 Å². The van der Waals surface area contributed by atoms with Crippen molar-refractivity contribution >= 4 is 23.3 Å². The molecule has 1 heterocycles. The summed E-state index contributed by atoms with van der Waals surface area (Å²) in [5.41, 5.74) is 0.443. The first kappa shape index (κ1) is 16.9. The molecule has 112 valence electrons. The number of carbonyl (C=O) groups is 1. The molecule has 0 fully saturated rings. The van der Waals surface area contributed by atoms with E-state index in [0.717, 1.165) is 10.7 Å². The van der Waals surface area contributed by atoms with Crippen molar-refractivity contribution in [2.75, 3.05) is 6.54 Å². The SMILES string of the molecule is Cc1nc(/C=C/C(=O)NCC(C)(C)C(O)C(C)C)cs1. The number of nitrogens with one attached hydrogen (secondary N) is 1. The summed E-state index contributed by atoms with van der Waals surface area (Å²) in [5, 5.41) is 15.8. The summed E-state index contributed by atoms with van der Waals surface area (Å²) in [7, 11) is 0. The zero-order valence-electron chi connectivity index (χ0n) is 12.8. The highest BCUT2D eigenvalue weighted by molar-refractivity contribution is 7.09. The van der Waals surface area contributed by atoms with Crippen LogP contribution in [0.2, 0.25) is 0 Å². The van der Waals surface area contributed by atoms with Gasteiger partial charge in [-0.2, -0.15) is 0 Å². The lowest BCUT2D eigenvalue weighted by molar-refractivity contribution is -0.117. The molecule has 0 bridgehead atoms. The van der Waals surface area contributed by atoms with Crippen LogP contribution in [0.3, 0.4) is 0 Å². The Morgan fingerprint density at radius 2 is 2.20 bits per heavy atom. The number of amides is 1. The van der Waals surface area contributed by atoms with Crippen LogP contribution in [-0.2, 0) is 4.79 Å². The number of hydrogen-bond donors (Lipinski definition) is 2. The minimum atomic E-state index is -0.451. The molecule has 0 spiro atoms. The van der Waals surface area contributed by atoms with E-state index < -0.39 is 6.10 Å². The van der Waals surface area contributed by atoms with Crippen LogP contribution in [0.5, 0.6) is 0 Å². The molecular formula is C15H24N2O2S. The van der Waals surface area contributed by atoms with Gasteiger partial charge >= 0.3 is 0 Å². The predicted octanol–water partition coefficient (Wildman–Crippen LogP) is 2.62. The molecule has 0 aliphatic rings. The van der Waals surface area contributed by atoms with Crippen molar-refractivity contribution in [1.29, 1.82) is 0 Å². The zero-order chi connectivity index (χ0) is 15.3. The number of carbonyl (C=O) groups excluding carboxylic acids is 1. The number of aromatic nitrogens is 1. The van der Waals surface area contributed by atoms with Gasteiger partial charge in [0.25, 0.3) is 0 Å². The van der Waals surface area contributed by atoms with Gasteiger partial charge in [-0.25, -0.2) is 4.98 Å². The standard InChI is InChI=1S/C15H24N2O2S/c1-10(2)14(19)15(4,5)9-16-13(18)7-6-12-8-20-11(3)17-12/h6-8,10,14,19H,9H2,1-5H3,(H,16,18)/b7-6+. The van der Waals surface area contributed by atoms with Gasteiger partial charge in [0.05, 0.1) is 16.8 Å². The third-order valence-corrected chi connectivity index (χ3v) is 3.98. The van der Waals surface area contributed by atoms with E-state index in [-0.39, 0.29) is 17.2 Å². The molecule has 1 rings (SSSR count). The number of rotatable bonds is 6. The van der Waals surface area contributed by atoms with E-state index in [1.165, 1.54) is 6.08 Å². The van der Waals surface area contributed by atoms with Crippen LogP contribution >= 0.6 is 11.3 Å². The number of thiazole rings is 1. The smallest absolute Gasteiger partial charge is 0.244 e. The molecule has 20 heavy (non-hydrogen) atoms. The molecule has 0 aliphatic carbocycles. The minimum absolute atomic E-state index is 0.162. The molecule has 1 aromatic rings. The fraction of sp³-hybridized carbons (Fsp3) is 0.600. The third kappa shape index (κ3) is 5.06. The van der Waals surface area contributed by atoms with Crippen molar-refractivity contribution in [3.8, 4) is 0 Å². The average Bonchev–Trinajstić information content (AvgIpc) is 2.78. The second-order valence-corrected chi connectivity index (χ2v) is 7.08. The van der Waals surface area contributed by atoms with E-state index in [1.807, 2.05) is 40.0 Å². The molecule has 0 saturated carbocycles. The number of aliphatic hydroxyl groups is 1. The highest BCUT2D eigenvalue weighted by Crippen LogP contribution is 2.25. The van der Waals surface area contributed by atoms with Crippen molar-refractivity contribution in [2.24, 2.45) is 11.3 Å². The van der Waals surface area contributed by atoms with Gasteiger partial charge in [0, 0.05) is 23.4 Å². The molecule has 0 aliphatic heterocycles. The first-order valence-electron chi connectivity index (χ1n) is 6.78. The first-order chi connectivity index (χ1) is 9.22. The molecule has 0 saturated heterocycles. The third-order valence-electron chi connectivity index (χ3n) is 3.19. The summed E-state index contributed by atoms with van der Waals surface area (Å²) < 4.78 is 0. The van der Waals surface area contributed by atoms with Crippen molar-refractivity contribution < 1.29 is 9.90 Å². The van der Waals surface area contributed by atoms with E-state index in [1.54, 1.807) is 17.4 Å². The van der Waals surface area contributed by atoms with E-state index in [2.05, 4.69) is 10.3 Å². The lowest BCUT2D eigenvalue weighted by Gasteiger charge is -2.33. The maximum atomic E-state index is 11.8. The normalized spacial score (nSPS) is 13.9. The summed E-state index contributed by atoms with van der Waals surface area (Å²) in [6.07, 6.45) is 2.73. The Morgan fingerprint density at radius 3 is 2.70 bits per heavy atom. The van der Waals surface area contributed by atoms with E-state index in [4.69, 9.17) is 0 Å². The molecule has 1 atom stereocenters. The minimum Gasteiger partial charge on any atom is -0.392 e. The largest absolute Gasteiger partial charge is 0.392 e. The van der Waals surface area contributed by atoms with Crippen molar-refractivity contribution in [1.82, 2.24) is 10.3 Å². The lowest BCUT2D eigenvalue weighted by atomic mass is 9.81. The molecule has 1 amide bonds. The van der Waals surface area contributed by atoms with Gasteiger partial charge in [-0.1, -0.05) is 27.7 Å². The number of hydrogen-bond acceptors (Lipinski definition) is 4. The van der Waals surface area contributed by atoms with Crippen LogP contribution < -0.4 is 5.32 Å². The Hall–Kier alpha value is -1.20. The Bertz CT molecular complexity index is 478. The highest BCUT2D eigenvalue weighted by Gasteiger charge is 2.30. The molecular weight excluding hydrogens is 272 g/mol. The van der Waals surface area contributed by atoms with Crippen LogP contribution in [0, 0.1) is 18.3 Å². The average molecular weight is 296 g/mol. The van der Waals surface area contributed by atoms with Crippen LogP contribution in [0.15, 0.2) is 11.5 Å². The molecule has 4 nitrogen and oxygen atoms in total. The van der Waals surface area contributed by atoms with E-state index >= 15 is 0 Å². The van der Waals surface area contributed by atoms with E-state index in [0.29, 0.717) is 6.54 Å². The Morgan fingerprint density at radius 1 is 1.55 bits per heavy atom. The maximum absolute atomic E-state index is 11.8. The fourth-order valence-corrected chi connectivity index (χ4v) is 2.58. The topological polar surface area (TPSA) is 62.2 Å². The van der Waals surface area contributed by atoms with Gasteiger partial charge in [0.1, 0.15) is 0 Å². The van der Waals surface area contributed by atoms with Crippen LogP contribution in [0.25, 0.3) is 6.08 Å². The fourth-order valence-electron chi connectivity index (χ4n) is 2.00. The summed E-state index contributed by atoms with van der Waals surface area (Å²) >= 11 is 1.55. The summed E-state index contributed by atoms with van der Waals surface area (Å²) in [6, 6.07) is 0. The summed E-state index contributed by atoms with van der Waals surface area (Å²) in [5.74, 6) is -0.00453. The molecule has 0 aromatic carbocycles. The van der Waals surface area contributed by atoms with Gasteiger partial charge in [0.2, 0.25) is 5.91 Å². The van der Waals surface area contributed by atoms with Gasteiger partial charge < -0.3 is 10.4 Å². The molecule has 1 aromatic heterocycles.